The molecule has 0 spiro atoms. The van der Waals surface area contributed by atoms with Crippen molar-refractivity contribution < 1.29 is 0 Å². The SMILES string of the molecule is C[Si](C)(Cc1ccc(/C=C/c2ccccc2)cc1)Cc1cccc(C[Si](C)(C)Cc2ccc(/C=C/c3ccccc3)cc2)c1. The minimum Gasteiger partial charge on any atom is -0.0689 e. The van der Waals surface area contributed by atoms with Gasteiger partial charge >= 0.3 is 0 Å². The molecule has 0 nitrogen and oxygen atoms in total. The molecule has 222 valence electrons. The van der Waals surface area contributed by atoms with E-state index in [0.29, 0.717) is 0 Å². The van der Waals surface area contributed by atoms with Gasteiger partial charge in [0.1, 0.15) is 0 Å². The largest absolute Gasteiger partial charge is 0.0689 e. The van der Waals surface area contributed by atoms with Gasteiger partial charge in [-0.2, -0.15) is 0 Å². The summed E-state index contributed by atoms with van der Waals surface area (Å²) in [7, 11) is -2.92. The van der Waals surface area contributed by atoms with Crippen LogP contribution in [-0.2, 0) is 24.2 Å². The molecular weight excluding hydrogens is 561 g/mol. The zero-order valence-corrected chi connectivity index (χ0v) is 28.8. The Morgan fingerprint density at radius 2 is 0.659 bits per heavy atom. The Morgan fingerprint density at radius 3 is 1.02 bits per heavy atom. The van der Waals surface area contributed by atoms with Crippen molar-refractivity contribution in [1.82, 2.24) is 0 Å². The van der Waals surface area contributed by atoms with Crippen LogP contribution in [0.3, 0.4) is 0 Å². The lowest BCUT2D eigenvalue weighted by atomic mass is 10.1. The summed E-state index contributed by atoms with van der Waals surface area (Å²) >= 11 is 0. The van der Waals surface area contributed by atoms with E-state index in [1.165, 1.54) is 68.7 Å². The molecule has 0 aliphatic heterocycles. The first kappa shape index (κ1) is 31.4. The number of hydrogen-bond donors (Lipinski definition) is 0. The molecule has 0 fully saturated rings. The third kappa shape index (κ3) is 10.0. The van der Waals surface area contributed by atoms with Crippen LogP contribution < -0.4 is 0 Å². The molecule has 5 aromatic carbocycles. The van der Waals surface area contributed by atoms with Crippen LogP contribution in [0.1, 0.15) is 44.5 Å². The summed E-state index contributed by atoms with van der Waals surface area (Å²) in [5.74, 6) is 0. The molecule has 5 rings (SSSR count). The van der Waals surface area contributed by atoms with Crippen LogP contribution in [0, 0.1) is 0 Å². The minimum atomic E-state index is -1.46. The van der Waals surface area contributed by atoms with Crippen molar-refractivity contribution in [2.24, 2.45) is 0 Å². The van der Waals surface area contributed by atoms with Crippen molar-refractivity contribution in [2.75, 3.05) is 0 Å². The van der Waals surface area contributed by atoms with Crippen molar-refractivity contribution in [2.45, 2.75) is 50.4 Å². The molecule has 0 saturated heterocycles. The molecule has 0 aromatic heterocycles. The molecule has 0 atom stereocenters. The Bertz CT molecular complexity index is 1540. The van der Waals surface area contributed by atoms with E-state index < -0.39 is 16.1 Å². The second kappa shape index (κ2) is 14.7. The predicted molar refractivity (Wildman–Crippen MR) is 200 cm³/mol. The second-order valence-electron chi connectivity index (χ2n) is 13.8. The highest BCUT2D eigenvalue weighted by atomic mass is 28.3. The zero-order valence-electron chi connectivity index (χ0n) is 26.8. The van der Waals surface area contributed by atoms with Gasteiger partial charge in [0.2, 0.25) is 0 Å². The maximum absolute atomic E-state index is 2.54. The highest BCUT2D eigenvalue weighted by Crippen LogP contribution is 2.23. The topological polar surface area (TPSA) is 0 Å². The third-order valence-corrected chi connectivity index (χ3v) is 13.7. The van der Waals surface area contributed by atoms with Crippen LogP contribution in [0.2, 0.25) is 26.2 Å². The van der Waals surface area contributed by atoms with Crippen molar-refractivity contribution >= 4 is 40.5 Å². The van der Waals surface area contributed by atoms with Gasteiger partial charge in [-0.3, -0.25) is 0 Å². The van der Waals surface area contributed by atoms with Gasteiger partial charge in [-0.25, -0.2) is 0 Å². The fourth-order valence-electron chi connectivity index (χ4n) is 6.19. The van der Waals surface area contributed by atoms with E-state index in [4.69, 9.17) is 0 Å². The molecule has 0 N–H and O–H groups in total. The summed E-state index contributed by atoms with van der Waals surface area (Å²) in [6, 6.07) is 53.8. The maximum Gasteiger partial charge on any atom is 0.0561 e. The highest BCUT2D eigenvalue weighted by Gasteiger charge is 2.24. The Hall–Kier alpha value is -3.99. The van der Waals surface area contributed by atoms with Crippen molar-refractivity contribution in [1.29, 1.82) is 0 Å². The van der Waals surface area contributed by atoms with Crippen molar-refractivity contribution in [3.05, 3.63) is 178 Å². The van der Waals surface area contributed by atoms with Crippen LogP contribution in [-0.4, -0.2) is 16.1 Å². The molecule has 0 aliphatic rings. The molecule has 0 heterocycles. The van der Waals surface area contributed by atoms with E-state index in [1.807, 2.05) is 0 Å². The summed E-state index contributed by atoms with van der Waals surface area (Å²) < 4.78 is 0. The predicted octanol–water partition coefficient (Wildman–Crippen LogP) is 11.2. The summed E-state index contributed by atoms with van der Waals surface area (Å²) in [6.07, 6.45) is 8.79. The lowest BCUT2D eigenvalue weighted by molar-refractivity contribution is 1.17. The lowest BCUT2D eigenvalue weighted by Gasteiger charge is -2.25. The average Bonchev–Trinajstić information content (AvgIpc) is 3.01. The van der Waals surface area contributed by atoms with Gasteiger partial charge in [-0.15, -0.1) is 0 Å². The molecule has 44 heavy (non-hydrogen) atoms. The van der Waals surface area contributed by atoms with Gasteiger partial charge < -0.3 is 0 Å². The summed E-state index contributed by atoms with van der Waals surface area (Å²) in [5, 5.41) is 0. The fourth-order valence-corrected chi connectivity index (χ4v) is 11.8. The van der Waals surface area contributed by atoms with E-state index in [9.17, 15) is 0 Å². The van der Waals surface area contributed by atoms with Gasteiger partial charge in [-0.05, 0) is 46.4 Å². The molecule has 0 radical (unpaired) electrons. The monoisotopic (exact) mass is 606 g/mol. The molecule has 0 unspecified atom stereocenters. The van der Waals surface area contributed by atoms with Crippen molar-refractivity contribution in [3.8, 4) is 0 Å². The first-order valence-electron chi connectivity index (χ1n) is 15.9. The Morgan fingerprint density at radius 1 is 0.341 bits per heavy atom. The van der Waals surface area contributed by atoms with Gasteiger partial charge in [0, 0.05) is 0 Å². The Balaban J connectivity index is 1.15. The maximum atomic E-state index is 2.54. The van der Waals surface area contributed by atoms with E-state index in [1.54, 1.807) is 0 Å². The van der Waals surface area contributed by atoms with Crippen molar-refractivity contribution in [3.63, 3.8) is 0 Å². The molecule has 5 aromatic rings. The first-order valence-corrected chi connectivity index (χ1v) is 22.8. The first-order chi connectivity index (χ1) is 21.2. The lowest BCUT2D eigenvalue weighted by Crippen LogP contribution is -2.34. The number of hydrogen-bond acceptors (Lipinski definition) is 0. The van der Waals surface area contributed by atoms with E-state index in [-0.39, 0.29) is 0 Å². The second-order valence-corrected chi connectivity index (χ2v) is 23.9. The van der Waals surface area contributed by atoms with Crippen LogP contribution in [0.5, 0.6) is 0 Å². The van der Waals surface area contributed by atoms with Gasteiger partial charge in [-0.1, -0.05) is 206 Å². The number of benzene rings is 5. The average molecular weight is 607 g/mol. The Kier molecular flexibility index (Phi) is 10.5. The van der Waals surface area contributed by atoms with E-state index >= 15 is 0 Å². The quantitative estimate of drug-likeness (QED) is 0.0979. The smallest absolute Gasteiger partial charge is 0.0561 e. The Labute approximate surface area is 267 Å². The standard InChI is InChI=1S/C42H46Si2/c1-43(2,31-39-26-22-37(23-27-39)20-18-35-12-7-5-8-13-35)33-41-16-11-17-42(30-41)34-44(3,4)32-40-28-24-38(25-29-40)21-19-36-14-9-6-10-15-36/h5-30H,31-34H2,1-4H3/b20-18+,21-19+. The van der Waals surface area contributed by atoms with E-state index in [0.717, 1.165) is 0 Å². The summed E-state index contributed by atoms with van der Waals surface area (Å²) in [6.45, 7) is 10.2. The molecule has 0 amide bonds. The minimum absolute atomic E-state index is 1.21. The van der Waals surface area contributed by atoms with Crippen LogP contribution in [0.4, 0.5) is 0 Å². The molecule has 0 bridgehead atoms. The van der Waals surface area contributed by atoms with Gasteiger partial charge in [0.05, 0.1) is 16.1 Å². The zero-order chi connectivity index (χ0) is 30.8. The molecular formula is C42H46Si2. The van der Waals surface area contributed by atoms with E-state index in [2.05, 4.69) is 184 Å². The third-order valence-electron chi connectivity index (χ3n) is 8.22. The molecule has 0 aliphatic carbocycles. The molecule has 2 heteroatoms. The van der Waals surface area contributed by atoms with Gasteiger partial charge in [0.25, 0.3) is 0 Å². The normalized spacial score (nSPS) is 12.3. The summed E-state index contributed by atoms with van der Waals surface area (Å²) in [4.78, 5) is 0. The number of rotatable bonds is 12. The van der Waals surface area contributed by atoms with Crippen LogP contribution in [0.25, 0.3) is 24.3 Å². The van der Waals surface area contributed by atoms with Crippen LogP contribution >= 0.6 is 0 Å². The van der Waals surface area contributed by atoms with Crippen LogP contribution in [0.15, 0.2) is 133 Å². The molecule has 0 saturated carbocycles. The fraction of sp³-hybridized carbons (Fsp3) is 0.190. The van der Waals surface area contributed by atoms with Gasteiger partial charge in [0.15, 0.2) is 0 Å². The summed E-state index contributed by atoms with van der Waals surface area (Å²) in [5.41, 5.74) is 10.9. The highest BCUT2D eigenvalue weighted by molar-refractivity contribution is 6.76.